The maximum absolute atomic E-state index is 12.2. The fraction of sp³-hybridized carbons (Fsp3) is 0.225. The summed E-state index contributed by atoms with van der Waals surface area (Å²) >= 11 is 0. The van der Waals surface area contributed by atoms with E-state index in [4.69, 9.17) is 18.9 Å². The predicted octanol–water partition coefficient (Wildman–Crippen LogP) is 7.36. The summed E-state index contributed by atoms with van der Waals surface area (Å²) in [6.07, 6.45) is 5.19. The second-order valence-corrected chi connectivity index (χ2v) is 11.7. The second-order valence-electron chi connectivity index (χ2n) is 11.7. The summed E-state index contributed by atoms with van der Waals surface area (Å²) in [6, 6.07) is 25.5. The van der Waals surface area contributed by atoms with Crippen LogP contribution in [0.2, 0.25) is 0 Å². The first kappa shape index (κ1) is 33.1. The average Bonchev–Trinajstić information content (AvgIpc) is 3.44. The Kier molecular flexibility index (Phi) is 9.80. The first-order valence-corrected chi connectivity index (χ1v) is 16.1. The van der Waals surface area contributed by atoms with Crippen LogP contribution in [0.25, 0.3) is 16.5 Å². The summed E-state index contributed by atoms with van der Waals surface area (Å²) in [5, 5.41) is 10.9. The van der Waals surface area contributed by atoms with Crippen molar-refractivity contribution in [2.45, 2.75) is 32.2 Å². The number of carboxylic acids is 1. The Bertz CT molecular complexity index is 2070. The number of fused-ring (bicyclic) bond motifs is 2. The van der Waals surface area contributed by atoms with Gasteiger partial charge in [0.1, 0.15) is 11.5 Å². The molecule has 5 aromatic rings. The van der Waals surface area contributed by atoms with Gasteiger partial charge in [0.25, 0.3) is 0 Å². The number of aromatic carboxylic acids is 1. The molecular weight excluding hydrogens is 622 g/mol. The summed E-state index contributed by atoms with van der Waals surface area (Å²) in [5.41, 5.74) is 8.17. The van der Waals surface area contributed by atoms with Crippen LogP contribution in [0.1, 0.15) is 71.9 Å². The summed E-state index contributed by atoms with van der Waals surface area (Å²) in [6.45, 7) is 0.819. The molecule has 49 heavy (non-hydrogen) atoms. The van der Waals surface area contributed by atoms with Gasteiger partial charge in [0.05, 0.1) is 50.1 Å². The number of ether oxygens (including phenoxy) is 4. The van der Waals surface area contributed by atoms with Crippen molar-refractivity contribution in [3.63, 3.8) is 0 Å². The highest BCUT2D eigenvalue weighted by atomic mass is 16.5. The lowest BCUT2D eigenvalue weighted by molar-refractivity contribution is 0.0591. The van der Waals surface area contributed by atoms with Gasteiger partial charge >= 0.3 is 17.9 Å². The third kappa shape index (κ3) is 6.78. The van der Waals surface area contributed by atoms with Crippen LogP contribution in [0.4, 0.5) is 0 Å². The first-order chi connectivity index (χ1) is 23.8. The van der Waals surface area contributed by atoms with Gasteiger partial charge in [-0.3, -0.25) is 0 Å². The van der Waals surface area contributed by atoms with Crippen LogP contribution in [-0.2, 0) is 28.9 Å². The molecule has 0 atom stereocenters. The summed E-state index contributed by atoms with van der Waals surface area (Å²) in [5.74, 6) is -0.443. The number of nitrogens with zero attached hydrogens (tertiary/aromatic N) is 1. The number of carbonyl (C=O) groups excluding carboxylic acids is 2. The molecular formula is C40H37NO8. The van der Waals surface area contributed by atoms with E-state index in [1.807, 2.05) is 30.3 Å². The van der Waals surface area contributed by atoms with Gasteiger partial charge in [-0.25, -0.2) is 14.4 Å². The Morgan fingerprint density at radius 1 is 0.816 bits per heavy atom. The maximum atomic E-state index is 12.2. The number of aromatic nitrogens is 1. The third-order valence-electron chi connectivity index (χ3n) is 8.87. The van der Waals surface area contributed by atoms with E-state index in [-0.39, 0.29) is 5.56 Å². The molecule has 9 nitrogen and oxygen atoms in total. The van der Waals surface area contributed by atoms with Crippen molar-refractivity contribution < 1.29 is 38.4 Å². The minimum absolute atomic E-state index is 0.193. The Hall–Kier alpha value is -5.83. The van der Waals surface area contributed by atoms with Gasteiger partial charge < -0.3 is 28.6 Å². The normalized spacial score (nSPS) is 12.2. The van der Waals surface area contributed by atoms with E-state index >= 15 is 0 Å². The standard InChI is InChI=1S/C40H37NO8/c1-46-36-14-6-10-30-31(36)11-5-12-32(30)37-33-20-19-27(38(42)43)23-35(33)41(24-25-15-17-26(18-16-25)39(44)47-2)34(37)13-7-21-49-29-9-4-8-28(22-29)40(45)48-3/h4,6,8-10,12,14-20,22-23H,5,7,11,13,21,24H2,1-3H3,(H,42,43). The molecule has 1 N–H and O–H groups in total. The molecule has 0 spiro atoms. The quantitative estimate of drug-likeness (QED) is 0.109. The van der Waals surface area contributed by atoms with E-state index in [9.17, 15) is 19.5 Å². The largest absolute Gasteiger partial charge is 0.496 e. The van der Waals surface area contributed by atoms with Crippen LogP contribution in [0, 0.1) is 0 Å². The molecule has 0 fully saturated rings. The molecule has 6 rings (SSSR count). The fourth-order valence-electron chi connectivity index (χ4n) is 6.56. The van der Waals surface area contributed by atoms with Crippen molar-refractivity contribution >= 4 is 34.4 Å². The second kappa shape index (κ2) is 14.5. The summed E-state index contributed by atoms with van der Waals surface area (Å²) in [7, 11) is 4.38. The van der Waals surface area contributed by atoms with Crippen molar-refractivity contribution in [2.24, 2.45) is 0 Å². The smallest absolute Gasteiger partial charge is 0.337 e. The Morgan fingerprint density at radius 2 is 1.55 bits per heavy atom. The minimum atomic E-state index is -1.00. The number of carbonyl (C=O) groups is 3. The molecule has 0 saturated heterocycles. The topological polar surface area (TPSA) is 113 Å². The van der Waals surface area contributed by atoms with Gasteiger partial charge in [-0.15, -0.1) is 0 Å². The molecule has 0 aliphatic heterocycles. The Labute approximate surface area is 284 Å². The van der Waals surface area contributed by atoms with Crippen LogP contribution >= 0.6 is 0 Å². The predicted molar refractivity (Wildman–Crippen MR) is 186 cm³/mol. The minimum Gasteiger partial charge on any atom is -0.496 e. The summed E-state index contributed by atoms with van der Waals surface area (Å²) in [4.78, 5) is 36.3. The molecule has 0 unspecified atom stereocenters. The SMILES string of the molecule is COC(=O)c1ccc(Cn2c(CCCOc3cccc(C(=O)OC)c3)c(C3=CCCc4c(OC)cccc43)c3ccc(C(=O)O)cc32)cc1. The van der Waals surface area contributed by atoms with Gasteiger partial charge in [0.15, 0.2) is 0 Å². The molecule has 1 aromatic heterocycles. The highest BCUT2D eigenvalue weighted by Crippen LogP contribution is 2.42. The molecule has 0 bridgehead atoms. The Morgan fingerprint density at radius 3 is 2.29 bits per heavy atom. The molecule has 0 radical (unpaired) electrons. The fourth-order valence-corrected chi connectivity index (χ4v) is 6.56. The van der Waals surface area contributed by atoms with Crippen LogP contribution < -0.4 is 9.47 Å². The van der Waals surface area contributed by atoms with Gasteiger partial charge in [0, 0.05) is 28.8 Å². The number of benzene rings is 4. The van der Waals surface area contributed by atoms with E-state index < -0.39 is 17.9 Å². The van der Waals surface area contributed by atoms with Gasteiger partial charge in [-0.05, 0) is 90.9 Å². The highest BCUT2D eigenvalue weighted by Gasteiger charge is 2.26. The van der Waals surface area contributed by atoms with Gasteiger partial charge in [-0.1, -0.05) is 42.5 Å². The lowest BCUT2D eigenvalue weighted by Crippen LogP contribution is -2.10. The molecule has 1 heterocycles. The zero-order chi connectivity index (χ0) is 34.5. The monoisotopic (exact) mass is 659 g/mol. The third-order valence-corrected chi connectivity index (χ3v) is 8.87. The lowest BCUT2D eigenvalue weighted by Gasteiger charge is -2.22. The van der Waals surface area contributed by atoms with E-state index in [1.165, 1.54) is 14.2 Å². The maximum Gasteiger partial charge on any atom is 0.337 e. The van der Waals surface area contributed by atoms with Crippen LogP contribution in [0.15, 0.2) is 91.0 Å². The molecule has 1 aliphatic rings. The Balaban J connectivity index is 1.45. The molecule has 1 aliphatic carbocycles. The molecule has 9 heteroatoms. The number of esters is 2. The summed E-state index contributed by atoms with van der Waals surface area (Å²) < 4.78 is 23.8. The van der Waals surface area contributed by atoms with Gasteiger partial charge in [-0.2, -0.15) is 0 Å². The van der Waals surface area contributed by atoms with Gasteiger partial charge in [0.2, 0.25) is 0 Å². The molecule has 250 valence electrons. The molecule has 4 aromatic carbocycles. The van der Waals surface area contributed by atoms with Crippen molar-refractivity contribution in [3.05, 3.63) is 136 Å². The lowest BCUT2D eigenvalue weighted by atomic mass is 9.84. The first-order valence-electron chi connectivity index (χ1n) is 16.1. The van der Waals surface area contributed by atoms with Crippen molar-refractivity contribution in [2.75, 3.05) is 27.9 Å². The van der Waals surface area contributed by atoms with E-state index in [2.05, 4.69) is 16.7 Å². The van der Waals surface area contributed by atoms with Crippen LogP contribution in [0.5, 0.6) is 11.5 Å². The number of methoxy groups -OCH3 is 3. The number of allylic oxidation sites excluding steroid dienone is 1. The zero-order valence-electron chi connectivity index (χ0n) is 27.7. The van der Waals surface area contributed by atoms with Crippen LogP contribution in [0.3, 0.4) is 0 Å². The number of hydrogen-bond acceptors (Lipinski definition) is 7. The highest BCUT2D eigenvalue weighted by molar-refractivity contribution is 6.03. The average molecular weight is 660 g/mol. The number of rotatable bonds is 12. The van der Waals surface area contributed by atoms with Crippen molar-refractivity contribution in [1.82, 2.24) is 4.57 Å². The van der Waals surface area contributed by atoms with Crippen LogP contribution in [-0.4, -0.2) is 55.5 Å². The van der Waals surface area contributed by atoms with E-state index in [0.717, 1.165) is 63.0 Å². The number of carboxylic acid groups (broad SMARTS) is 1. The molecule has 0 amide bonds. The van der Waals surface area contributed by atoms with Crippen molar-refractivity contribution in [1.29, 1.82) is 0 Å². The van der Waals surface area contributed by atoms with E-state index in [0.29, 0.717) is 42.9 Å². The van der Waals surface area contributed by atoms with Crippen molar-refractivity contribution in [3.8, 4) is 11.5 Å². The zero-order valence-corrected chi connectivity index (χ0v) is 27.7. The molecule has 0 saturated carbocycles. The van der Waals surface area contributed by atoms with E-state index in [1.54, 1.807) is 55.6 Å². The number of hydrogen-bond donors (Lipinski definition) is 1.